The Bertz CT molecular complexity index is 550. The SMILES string of the molecule is CCn1ncnc1CN(C)c1ccc(C#N)cc1. The Hall–Kier alpha value is -2.35. The first-order valence-corrected chi connectivity index (χ1v) is 5.82. The first-order valence-electron chi connectivity index (χ1n) is 5.82. The fourth-order valence-electron chi connectivity index (χ4n) is 1.77. The van der Waals surface area contributed by atoms with Gasteiger partial charge in [-0.3, -0.25) is 0 Å². The van der Waals surface area contributed by atoms with Crippen LogP contribution in [0.4, 0.5) is 5.69 Å². The van der Waals surface area contributed by atoms with E-state index in [-0.39, 0.29) is 0 Å². The van der Waals surface area contributed by atoms with Crippen molar-refractivity contribution in [1.29, 1.82) is 5.26 Å². The summed E-state index contributed by atoms with van der Waals surface area (Å²) in [7, 11) is 2.00. The van der Waals surface area contributed by atoms with Gasteiger partial charge in [0.15, 0.2) is 0 Å². The van der Waals surface area contributed by atoms with Crippen LogP contribution in [0.25, 0.3) is 0 Å². The zero-order valence-corrected chi connectivity index (χ0v) is 10.5. The van der Waals surface area contributed by atoms with Gasteiger partial charge in [0.05, 0.1) is 18.2 Å². The van der Waals surface area contributed by atoms with Gasteiger partial charge < -0.3 is 4.90 Å². The van der Waals surface area contributed by atoms with E-state index in [4.69, 9.17) is 5.26 Å². The molecule has 0 amide bonds. The number of nitriles is 1. The van der Waals surface area contributed by atoms with Gasteiger partial charge in [0.2, 0.25) is 0 Å². The van der Waals surface area contributed by atoms with Crippen LogP contribution in [0, 0.1) is 11.3 Å². The zero-order valence-electron chi connectivity index (χ0n) is 10.5. The standard InChI is InChI=1S/C13H15N5/c1-3-18-13(15-10-16-18)9-17(2)12-6-4-11(8-14)5-7-12/h4-7,10H,3,9H2,1-2H3. The summed E-state index contributed by atoms with van der Waals surface area (Å²) in [5.74, 6) is 0.935. The fraction of sp³-hybridized carbons (Fsp3) is 0.308. The molecule has 0 saturated heterocycles. The second-order valence-corrected chi connectivity index (χ2v) is 4.01. The van der Waals surface area contributed by atoms with Crippen LogP contribution >= 0.6 is 0 Å². The molecule has 0 unspecified atom stereocenters. The maximum Gasteiger partial charge on any atom is 0.146 e. The second kappa shape index (κ2) is 5.32. The third-order valence-corrected chi connectivity index (χ3v) is 2.81. The molecule has 2 aromatic rings. The molecular formula is C13H15N5. The first kappa shape index (κ1) is 12.1. The van der Waals surface area contributed by atoms with Gasteiger partial charge in [-0.25, -0.2) is 9.67 Å². The van der Waals surface area contributed by atoms with E-state index in [1.165, 1.54) is 0 Å². The summed E-state index contributed by atoms with van der Waals surface area (Å²) in [4.78, 5) is 6.32. The molecular weight excluding hydrogens is 226 g/mol. The molecule has 0 spiro atoms. The van der Waals surface area contributed by atoms with E-state index in [9.17, 15) is 0 Å². The van der Waals surface area contributed by atoms with Gasteiger partial charge in [-0.05, 0) is 31.2 Å². The highest BCUT2D eigenvalue weighted by molar-refractivity contribution is 5.48. The lowest BCUT2D eigenvalue weighted by molar-refractivity contribution is 0.610. The van der Waals surface area contributed by atoms with Gasteiger partial charge in [0.1, 0.15) is 12.2 Å². The van der Waals surface area contributed by atoms with Crippen LogP contribution in [0.5, 0.6) is 0 Å². The molecule has 0 saturated carbocycles. The monoisotopic (exact) mass is 241 g/mol. The van der Waals surface area contributed by atoms with E-state index >= 15 is 0 Å². The summed E-state index contributed by atoms with van der Waals surface area (Å²) in [5, 5.41) is 12.9. The number of rotatable bonds is 4. The van der Waals surface area contributed by atoms with Crippen molar-refractivity contribution in [1.82, 2.24) is 14.8 Å². The van der Waals surface area contributed by atoms with E-state index in [2.05, 4.69) is 21.1 Å². The minimum absolute atomic E-state index is 0.670. The van der Waals surface area contributed by atoms with Gasteiger partial charge in [-0.2, -0.15) is 10.4 Å². The van der Waals surface area contributed by atoms with Crippen molar-refractivity contribution in [3.8, 4) is 6.07 Å². The van der Waals surface area contributed by atoms with Gasteiger partial charge in [0, 0.05) is 19.3 Å². The number of benzene rings is 1. The number of aromatic nitrogens is 3. The lowest BCUT2D eigenvalue weighted by Gasteiger charge is -2.18. The minimum atomic E-state index is 0.670. The average molecular weight is 241 g/mol. The van der Waals surface area contributed by atoms with Crippen LogP contribution in [-0.4, -0.2) is 21.8 Å². The Morgan fingerprint density at radius 2 is 2.06 bits per heavy atom. The molecule has 0 N–H and O–H groups in total. The molecule has 1 heterocycles. The van der Waals surface area contributed by atoms with Crippen LogP contribution < -0.4 is 4.90 Å². The molecule has 1 aromatic carbocycles. The third-order valence-electron chi connectivity index (χ3n) is 2.81. The van der Waals surface area contributed by atoms with Crippen LogP contribution in [0.1, 0.15) is 18.3 Å². The maximum atomic E-state index is 8.76. The van der Waals surface area contributed by atoms with Crippen LogP contribution in [0.2, 0.25) is 0 Å². The average Bonchev–Trinajstić information content (AvgIpc) is 2.86. The Morgan fingerprint density at radius 1 is 1.33 bits per heavy atom. The summed E-state index contributed by atoms with van der Waals surface area (Å²) in [5.41, 5.74) is 1.73. The molecule has 0 fully saturated rings. The molecule has 0 aliphatic carbocycles. The number of aryl methyl sites for hydroxylation is 1. The third kappa shape index (κ3) is 2.48. The number of anilines is 1. The van der Waals surface area contributed by atoms with E-state index in [1.54, 1.807) is 6.33 Å². The predicted molar refractivity (Wildman–Crippen MR) is 69.0 cm³/mol. The Balaban J connectivity index is 2.12. The summed E-state index contributed by atoms with van der Waals surface area (Å²) < 4.78 is 1.88. The largest absolute Gasteiger partial charge is 0.367 e. The first-order chi connectivity index (χ1) is 8.74. The van der Waals surface area contributed by atoms with Crippen molar-refractivity contribution in [2.75, 3.05) is 11.9 Å². The lowest BCUT2D eigenvalue weighted by atomic mass is 10.2. The van der Waals surface area contributed by atoms with E-state index < -0.39 is 0 Å². The maximum absolute atomic E-state index is 8.76. The highest BCUT2D eigenvalue weighted by Gasteiger charge is 2.07. The molecule has 5 nitrogen and oxygen atoms in total. The van der Waals surface area contributed by atoms with Crippen LogP contribution in [0.3, 0.4) is 0 Å². The fourth-order valence-corrected chi connectivity index (χ4v) is 1.77. The molecule has 0 radical (unpaired) electrons. The summed E-state index contributed by atoms with van der Waals surface area (Å²) in [6.45, 7) is 3.55. The lowest BCUT2D eigenvalue weighted by Crippen LogP contribution is -2.19. The zero-order chi connectivity index (χ0) is 13.0. The summed E-state index contributed by atoms with van der Waals surface area (Å²) >= 11 is 0. The van der Waals surface area contributed by atoms with Gasteiger partial charge >= 0.3 is 0 Å². The molecule has 1 aromatic heterocycles. The number of hydrogen-bond donors (Lipinski definition) is 0. The molecule has 0 bridgehead atoms. The minimum Gasteiger partial charge on any atom is -0.367 e. The van der Waals surface area contributed by atoms with Crippen LogP contribution in [0.15, 0.2) is 30.6 Å². The van der Waals surface area contributed by atoms with Crippen molar-refractivity contribution < 1.29 is 0 Å². The molecule has 18 heavy (non-hydrogen) atoms. The molecule has 5 heteroatoms. The van der Waals surface area contributed by atoms with Crippen molar-refractivity contribution in [3.05, 3.63) is 42.0 Å². The quantitative estimate of drug-likeness (QED) is 0.819. The van der Waals surface area contributed by atoms with Gasteiger partial charge in [-0.1, -0.05) is 0 Å². The molecule has 92 valence electrons. The van der Waals surface area contributed by atoms with Gasteiger partial charge in [0.25, 0.3) is 0 Å². The highest BCUT2D eigenvalue weighted by Crippen LogP contribution is 2.15. The number of nitrogens with zero attached hydrogens (tertiary/aromatic N) is 5. The van der Waals surface area contributed by atoms with Crippen molar-refractivity contribution in [2.24, 2.45) is 0 Å². The predicted octanol–water partition coefficient (Wildman–Crippen LogP) is 1.81. The van der Waals surface area contributed by atoms with Crippen molar-refractivity contribution >= 4 is 5.69 Å². The Labute approximate surface area is 106 Å². The second-order valence-electron chi connectivity index (χ2n) is 4.01. The normalized spacial score (nSPS) is 10.1. The van der Waals surface area contributed by atoms with Gasteiger partial charge in [-0.15, -0.1) is 0 Å². The van der Waals surface area contributed by atoms with E-state index in [1.807, 2.05) is 42.9 Å². The topological polar surface area (TPSA) is 57.7 Å². The summed E-state index contributed by atoms with van der Waals surface area (Å²) in [6.07, 6.45) is 1.57. The Morgan fingerprint density at radius 3 is 2.67 bits per heavy atom. The van der Waals surface area contributed by atoms with Crippen LogP contribution in [-0.2, 0) is 13.1 Å². The molecule has 0 atom stereocenters. The van der Waals surface area contributed by atoms with Crippen molar-refractivity contribution in [3.63, 3.8) is 0 Å². The van der Waals surface area contributed by atoms with E-state index in [0.717, 1.165) is 18.1 Å². The van der Waals surface area contributed by atoms with Crippen molar-refractivity contribution in [2.45, 2.75) is 20.0 Å². The number of hydrogen-bond acceptors (Lipinski definition) is 4. The van der Waals surface area contributed by atoms with E-state index in [0.29, 0.717) is 12.1 Å². The Kier molecular flexibility index (Phi) is 3.58. The molecule has 0 aliphatic rings. The smallest absolute Gasteiger partial charge is 0.146 e. The molecule has 2 rings (SSSR count). The summed E-state index contributed by atoms with van der Waals surface area (Å²) in [6, 6.07) is 9.62. The highest BCUT2D eigenvalue weighted by atomic mass is 15.3. The molecule has 0 aliphatic heterocycles.